The average Bonchev–Trinajstić information content (AvgIpc) is 3.12. The molecular weight excluding hydrogens is 358 g/mol. The standard InChI is InChI=1S/C21H31N3O2S/c1-14-11-22-10-9-17(14)23-19(25)18-12-27-13-24(18)20(26)15-5-7-16(8-6-15)21(2,3)4/h5-8,14,17-18,22H,9-13H2,1-4H3,(H,23,25). The van der Waals surface area contributed by atoms with Gasteiger partial charge in [0.25, 0.3) is 5.91 Å². The van der Waals surface area contributed by atoms with Crippen LogP contribution in [0.15, 0.2) is 24.3 Å². The molecular formula is C21H31N3O2S. The highest BCUT2D eigenvalue weighted by Crippen LogP contribution is 2.26. The highest BCUT2D eigenvalue weighted by Gasteiger charge is 2.36. The number of thioether (sulfide) groups is 1. The third-order valence-corrected chi connectivity index (χ3v) is 6.57. The molecule has 2 aliphatic rings. The molecule has 1 aromatic rings. The van der Waals surface area contributed by atoms with Crippen molar-refractivity contribution in [2.45, 2.75) is 51.6 Å². The lowest BCUT2D eigenvalue weighted by Gasteiger charge is -2.32. The SMILES string of the molecule is CC1CNCCC1NC(=O)C1CSCN1C(=O)c1ccc(C(C)(C)C)cc1. The Kier molecular flexibility index (Phi) is 6.16. The fraction of sp³-hybridized carbons (Fsp3) is 0.619. The van der Waals surface area contributed by atoms with Crippen molar-refractivity contribution < 1.29 is 9.59 Å². The zero-order valence-corrected chi connectivity index (χ0v) is 17.6. The Hall–Kier alpha value is -1.53. The van der Waals surface area contributed by atoms with Crippen LogP contribution in [0.3, 0.4) is 0 Å². The highest BCUT2D eigenvalue weighted by atomic mass is 32.2. The third kappa shape index (κ3) is 4.66. The van der Waals surface area contributed by atoms with Gasteiger partial charge in [0.05, 0.1) is 5.88 Å². The summed E-state index contributed by atoms with van der Waals surface area (Å²) in [5, 5.41) is 6.54. The van der Waals surface area contributed by atoms with Crippen LogP contribution in [0.5, 0.6) is 0 Å². The molecule has 2 saturated heterocycles. The van der Waals surface area contributed by atoms with Gasteiger partial charge in [-0.2, -0.15) is 0 Å². The van der Waals surface area contributed by atoms with Gasteiger partial charge in [-0.3, -0.25) is 9.59 Å². The largest absolute Gasteiger partial charge is 0.351 e. The lowest BCUT2D eigenvalue weighted by atomic mass is 9.86. The predicted octanol–water partition coefficient (Wildman–Crippen LogP) is 2.61. The fourth-order valence-electron chi connectivity index (χ4n) is 3.65. The normalized spacial score (nSPS) is 26.1. The first-order valence-electron chi connectivity index (χ1n) is 9.77. The van der Waals surface area contributed by atoms with E-state index in [9.17, 15) is 9.59 Å². The van der Waals surface area contributed by atoms with Gasteiger partial charge in [-0.1, -0.05) is 39.8 Å². The average molecular weight is 390 g/mol. The van der Waals surface area contributed by atoms with Crippen molar-refractivity contribution in [3.63, 3.8) is 0 Å². The molecule has 1 aromatic carbocycles. The molecule has 2 heterocycles. The maximum atomic E-state index is 13.0. The van der Waals surface area contributed by atoms with Gasteiger partial charge < -0.3 is 15.5 Å². The molecule has 5 nitrogen and oxygen atoms in total. The number of carbonyl (C=O) groups is 2. The molecule has 0 aromatic heterocycles. The number of nitrogens with one attached hydrogen (secondary N) is 2. The molecule has 2 aliphatic heterocycles. The number of carbonyl (C=O) groups excluding carboxylic acids is 2. The second-order valence-corrected chi connectivity index (χ2v) is 9.70. The minimum absolute atomic E-state index is 0.0154. The number of hydrogen-bond donors (Lipinski definition) is 2. The summed E-state index contributed by atoms with van der Waals surface area (Å²) in [7, 11) is 0. The summed E-state index contributed by atoms with van der Waals surface area (Å²) < 4.78 is 0. The second-order valence-electron chi connectivity index (χ2n) is 8.70. The van der Waals surface area contributed by atoms with Crippen LogP contribution in [0.4, 0.5) is 0 Å². The molecule has 0 aliphatic carbocycles. The lowest BCUT2D eigenvalue weighted by molar-refractivity contribution is -0.125. The molecule has 0 bridgehead atoms. The molecule has 27 heavy (non-hydrogen) atoms. The Morgan fingerprint density at radius 1 is 1.22 bits per heavy atom. The van der Waals surface area contributed by atoms with Crippen molar-refractivity contribution in [3.05, 3.63) is 35.4 Å². The number of benzene rings is 1. The molecule has 3 atom stereocenters. The summed E-state index contributed by atoms with van der Waals surface area (Å²) in [6.07, 6.45) is 0.939. The molecule has 0 spiro atoms. The molecule has 2 N–H and O–H groups in total. The van der Waals surface area contributed by atoms with Gasteiger partial charge in [-0.25, -0.2) is 0 Å². The van der Waals surface area contributed by atoms with Crippen molar-refractivity contribution in [1.82, 2.24) is 15.5 Å². The monoisotopic (exact) mass is 389 g/mol. The van der Waals surface area contributed by atoms with Crippen molar-refractivity contribution >= 4 is 23.6 Å². The van der Waals surface area contributed by atoms with Crippen LogP contribution in [-0.2, 0) is 10.2 Å². The van der Waals surface area contributed by atoms with Gasteiger partial charge in [-0.15, -0.1) is 11.8 Å². The van der Waals surface area contributed by atoms with Crippen LogP contribution in [0.2, 0.25) is 0 Å². The maximum Gasteiger partial charge on any atom is 0.255 e. The first-order valence-corrected chi connectivity index (χ1v) is 10.9. The van der Waals surface area contributed by atoms with E-state index in [1.54, 1.807) is 16.7 Å². The predicted molar refractivity (Wildman–Crippen MR) is 111 cm³/mol. The van der Waals surface area contributed by atoms with Crippen LogP contribution in [0, 0.1) is 5.92 Å². The van der Waals surface area contributed by atoms with E-state index in [1.165, 1.54) is 5.56 Å². The minimum Gasteiger partial charge on any atom is -0.351 e. The van der Waals surface area contributed by atoms with E-state index in [0.717, 1.165) is 19.5 Å². The Balaban J connectivity index is 1.68. The van der Waals surface area contributed by atoms with Gasteiger partial charge in [0, 0.05) is 17.4 Å². The summed E-state index contributed by atoms with van der Waals surface area (Å²) in [5.41, 5.74) is 1.90. The van der Waals surface area contributed by atoms with E-state index in [2.05, 4.69) is 38.3 Å². The van der Waals surface area contributed by atoms with Crippen molar-refractivity contribution in [2.75, 3.05) is 24.7 Å². The van der Waals surface area contributed by atoms with E-state index in [1.807, 2.05) is 24.3 Å². The molecule has 6 heteroatoms. The summed E-state index contributed by atoms with van der Waals surface area (Å²) in [5.74, 6) is 1.57. The summed E-state index contributed by atoms with van der Waals surface area (Å²) in [6, 6.07) is 7.61. The second kappa shape index (κ2) is 8.23. The van der Waals surface area contributed by atoms with E-state index >= 15 is 0 Å². The van der Waals surface area contributed by atoms with Gasteiger partial charge >= 0.3 is 0 Å². The van der Waals surface area contributed by atoms with Crippen molar-refractivity contribution in [2.24, 2.45) is 5.92 Å². The zero-order valence-electron chi connectivity index (χ0n) is 16.7. The van der Waals surface area contributed by atoms with Crippen LogP contribution in [-0.4, -0.2) is 53.5 Å². The van der Waals surface area contributed by atoms with Gasteiger partial charge in [0.15, 0.2) is 0 Å². The number of hydrogen-bond acceptors (Lipinski definition) is 4. The van der Waals surface area contributed by atoms with E-state index < -0.39 is 0 Å². The van der Waals surface area contributed by atoms with E-state index in [-0.39, 0.29) is 29.3 Å². The number of nitrogens with zero attached hydrogens (tertiary/aromatic N) is 1. The molecule has 3 rings (SSSR count). The van der Waals surface area contributed by atoms with Gasteiger partial charge in [0.2, 0.25) is 5.91 Å². The van der Waals surface area contributed by atoms with Gasteiger partial charge in [0.1, 0.15) is 6.04 Å². The molecule has 3 unspecified atom stereocenters. The first-order chi connectivity index (χ1) is 12.8. The van der Waals surface area contributed by atoms with Crippen molar-refractivity contribution in [1.29, 1.82) is 0 Å². The van der Waals surface area contributed by atoms with Gasteiger partial charge in [-0.05, 0) is 48.5 Å². The quantitative estimate of drug-likeness (QED) is 0.834. The minimum atomic E-state index is -0.383. The van der Waals surface area contributed by atoms with E-state index in [4.69, 9.17) is 0 Å². The Morgan fingerprint density at radius 2 is 1.93 bits per heavy atom. The summed E-state index contributed by atoms with van der Waals surface area (Å²) in [4.78, 5) is 27.6. The maximum absolute atomic E-state index is 13.0. The van der Waals surface area contributed by atoms with Crippen molar-refractivity contribution in [3.8, 4) is 0 Å². The van der Waals surface area contributed by atoms with Crippen LogP contribution in [0.25, 0.3) is 0 Å². The number of piperidine rings is 1. The molecule has 2 amide bonds. The molecule has 0 saturated carbocycles. The molecule has 148 valence electrons. The topological polar surface area (TPSA) is 61.4 Å². The Labute approximate surface area is 166 Å². The number of amides is 2. The third-order valence-electron chi connectivity index (χ3n) is 5.56. The zero-order chi connectivity index (χ0) is 19.6. The van der Waals surface area contributed by atoms with E-state index in [0.29, 0.717) is 23.1 Å². The summed E-state index contributed by atoms with van der Waals surface area (Å²) in [6.45, 7) is 10.5. The van der Waals surface area contributed by atoms with Crippen LogP contribution >= 0.6 is 11.8 Å². The first kappa shape index (κ1) is 20.2. The Bertz CT molecular complexity index is 684. The lowest BCUT2D eigenvalue weighted by Crippen LogP contribution is -2.54. The highest BCUT2D eigenvalue weighted by molar-refractivity contribution is 7.99. The van der Waals surface area contributed by atoms with Crippen LogP contribution < -0.4 is 10.6 Å². The fourth-order valence-corrected chi connectivity index (χ4v) is 4.80. The number of rotatable bonds is 3. The Morgan fingerprint density at radius 3 is 2.56 bits per heavy atom. The van der Waals surface area contributed by atoms with Crippen LogP contribution in [0.1, 0.15) is 50.0 Å². The smallest absolute Gasteiger partial charge is 0.255 e. The summed E-state index contributed by atoms with van der Waals surface area (Å²) >= 11 is 1.64. The molecule has 0 radical (unpaired) electrons. The molecule has 2 fully saturated rings.